The number of fused-ring (bicyclic) bond motifs is 2. The van der Waals surface area contributed by atoms with Gasteiger partial charge in [-0.1, -0.05) is 26.7 Å². The molecule has 24 heavy (non-hydrogen) atoms. The SMILES string of the molecule is CCN(CC)CC1C[C@@]23CCC[C@H]([C@H]4CCCCN4C2)[C@@H]3O[C@H]1O. The highest BCUT2D eigenvalue weighted by molar-refractivity contribution is 5.09. The van der Waals surface area contributed by atoms with E-state index in [0.717, 1.165) is 32.1 Å². The van der Waals surface area contributed by atoms with E-state index >= 15 is 0 Å². The minimum atomic E-state index is -0.556. The van der Waals surface area contributed by atoms with Crippen LogP contribution in [-0.4, -0.2) is 66.1 Å². The summed E-state index contributed by atoms with van der Waals surface area (Å²) in [5.74, 6) is 0.943. The van der Waals surface area contributed by atoms with Gasteiger partial charge < -0.3 is 14.7 Å². The van der Waals surface area contributed by atoms with E-state index in [9.17, 15) is 5.11 Å². The molecule has 138 valence electrons. The molecule has 4 nitrogen and oxygen atoms in total. The van der Waals surface area contributed by atoms with E-state index in [-0.39, 0.29) is 5.92 Å². The molecular weight excluding hydrogens is 300 g/mol. The number of ether oxygens (including phenoxy) is 1. The fourth-order valence-corrected chi connectivity index (χ4v) is 6.48. The number of aliphatic hydroxyl groups excluding tert-OH is 1. The second-order valence-electron chi connectivity index (χ2n) is 8.85. The summed E-state index contributed by atoms with van der Waals surface area (Å²) < 4.78 is 6.40. The van der Waals surface area contributed by atoms with Gasteiger partial charge in [-0.25, -0.2) is 0 Å². The van der Waals surface area contributed by atoms with Crippen LogP contribution >= 0.6 is 0 Å². The molecule has 0 spiro atoms. The number of rotatable bonds is 4. The Morgan fingerprint density at radius 3 is 2.79 bits per heavy atom. The van der Waals surface area contributed by atoms with Crippen molar-refractivity contribution < 1.29 is 9.84 Å². The van der Waals surface area contributed by atoms with Crippen molar-refractivity contribution in [1.29, 1.82) is 0 Å². The lowest BCUT2D eigenvalue weighted by atomic mass is 9.56. The van der Waals surface area contributed by atoms with Crippen LogP contribution in [0.25, 0.3) is 0 Å². The van der Waals surface area contributed by atoms with Gasteiger partial charge in [0.15, 0.2) is 6.29 Å². The highest BCUT2D eigenvalue weighted by Crippen LogP contribution is 2.55. The molecule has 3 saturated heterocycles. The maximum atomic E-state index is 10.7. The van der Waals surface area contributed by atoms with Gasteiger partial charge in [0.1, 0.15) is 0 Å². The third-order valence-electron chi connectivity index (χ3n) is 7.63. The summed E-state index contributed by atoms with van der Waals surface area (Å²) in [6.45, 7) is 10.1. The molecule has 4 aliphatic rings. The lowest BCUT2D eigenvalue weighted by Gasteiger charge is -2.63. The Labute approximate surface area is 147 Å². The quantitative estimate of drug-likeness (QED) is 0.856. The average molecular weight is 337 g/mol. The molecule has 0 aromatic rings. The van der Waals surface area contributed by atoms with Crippen LogP contribution in [-0.2, 0) is 4.74 Å². The first-order chi connectivity index (χ1) is 11.7. The van der Waals surface area contributed by atoms with Crippen molar-refractivity contribution >= 4 is 0 Å². The monoisotopic (exact) mass is 336 g/mol. The molecule has 1 N–H and O–H groups in total. The van der Waals surface area contributed by atoms with Gasteiger partial charge in [0.2, 0.25) is 0 Å². The highest BCUT2D eigenvalue weighted by atomic mass is 16.6. The van der Waals surface area contributed by atoms with Crippen molar-refractivity contribution in [3.63, 3.8) is 0 Å². The Hall–Kier alpha value is -0.160. The minimum absolute atomic E-state index is 0.279. The van der Waals surface area contributed by atoms with Crippen molar-refractivity contribution in [2.24, 2.45) is 17.3 Å². The van der Waals surface area contributed by atoms with E-state index in [1.165, 1.54) is 51.6 Å². The van der Waals surface area contributed by atoms with Gasteiger partial charge in [0, 0.05) is 36.4 Å². The second kappa shape index (κ2) is 6.86. The first-order valence-corrected chi connectivity index (χ1v) is 10.5. The zero-order chi connectivity index (χ0) is 16.7. The van der Waals surface area contributed by atoms with Gasteiger partial charge in [-0.05, 0) is 51.7 Å². The molecule has 3 aliphatic heterocycles. The number of hydrogen-bond donors (Lipinski definition) is 1. The molecule has 1 aliphatic carbocycles. The van der Waals surface area contributed by atoms with E-state index in [4.69, 9.17) is 4.74 Å². The van der Waals surface area contributed by atoms with Crippen molar-refractivity contribution in [1.82, 2.24) is 9.80 Å². The topological polar surface area (TPSA) is 35.9 Å². The average Bonchev–Trinajstić information content (AvgIpc) is 2.59. The van der Waals surface area contributed by atoms with E-state index in [1.807, 2.05) is 0 Å². The van der Waals surface area contributed by atoms with Crippen molar-refractivity contribution in [3.05, 3.63) is 0 Å². The fourth-order valence-electron chi connectivity index (χ4n) is 6.48. The predicted molar refractivity (Wildman–Crippen MR) is 95.8 cm³/mol. The van der Waals surface area contributed by atoms with Gasteiger partial charge in [-0.15, -0.1) is 0 Å². The van der Waals surface area contributed by atoms with Gasteiger partial charge in [0.05, 0.1) is 6.10 Å². The molecule has 4 heteroatoms. The Kier molecular flexibility index (Phi) is 4.94. The number of nitrogens with zero attached hydrogens (tertiary/aromatic N) is 2. The normalized spacial score (nSPS) is 45.8. The van der Waals surface area contributed by atoms with E-state index in [2.05, 4.69) is 23.6 Å². The fraction of sp³-hybridized carbons (Fsp3) is 1.00. The van der Waals surface area contributed by atoms with Crippen LogP contribution < -0.4 is 0 Å². The van der Waals surface area contributed by atoms with Crippen LogP contribution in [0.3, 0.4) is 0 Å². The van der Waals surface area contributed by atoms with E-state index in [0.29, 0.717) is 17.4 Å². The maximum absolute atomic E-state index is 10.7. The van der Waals surface area contributed by atoms with Crippen LogP contribution in [0.2, 0.25) is 0 Å². The van der Waals surface area contributed by atoms with E-state index in [1.54, 1.807) is 0 Å². The molecule has 0 aromatic carbocycles. The van der Waals surface area contributed by atoms with Crippen LogP contribution in [0, 0.1) is 17.3 Å². The van der Waals surface area contributed by atoms with Crippen LogP contribution in [0.5, 0.6) is 0 Å². The molecule has 3 heterocycles. The molecule has 6 atom stereocenters. The molecular formula is C20H36N2O2. The maximum Gasteiger partial charge on any atom is 0.159 e. The standard InChI is InChI=1S/C20H36N2O2/c1-3-21(4-2)13-15-12-20-10-7-8-16(18(20)24-19(15)23)17-9-5-6-11-22(17)14-20/h15-19,23H,3-14H2,1-2H3/t15?,16-,17-,18+,19-,20+/m1/s1. The Balaban J connectivity index is 1.55. The zero-order valence-corrected chi connectivity index (χ0v) is 15.6. The summed E-state index contributed by atoms with van der Waals surface area (Å²) >= 11 is 0. The summed E-state index contributed by atoms with van der Waals surface area (Å²) in [6.07, 6.45) is 8.99. The van der Waals surface area contributed by atoms with Gasteiger partial charge in [-0.3, -0.25) is 4.90 Å². The second-order valence-corrected chi connectivity index (χ2v) is 8.85. The molecule has 4 rings (SSSR count). The summed E-state index contributed by atoms with van der Waals surface area (Å²) in [5.41, 5.74) is 0.313. The van der Waals surface area contributed by atoms with Crippen LogP contribution in [0.1, 0.15) is 58.8 Å². The number of piperidine rings is 2. The summed E-state index contributed by atoms with van der Waals surface area (Å²) in [4.78, 5) is 5.25. The largest absolute Gasteiger partial charge is 0.368 e. The smallest absolute Gasteiger partial charge is 0.159 e. The highest BCUT2D eigenvalue weighted by Gasteiger charge is 2.59. The summed E-state index contributed by atoms with van der Waals surface area (Å²) in [5, 5.41) is 10.7. The van der Waals surface area contributed by atoms with Crippen molar-refractivity contribution in [2.75, 3.05) is 32.7 Å². The molecule has 1 unspecified atom stereocenters. The van der Waals surface area contributed by atoms with Gasteiger partial charge >= 0.3 is 0 Å². The van der Waals surface area contributed by atoms with Gasteiger partial charge in [0.25, 0.3) is 0 Å². The van der Waals surface area contributed by atoms with Crippen LogP contribution in [0.15, 0.2) is 0 Å². The molecule has 1 saturated carbocycles. The van der Waals surface area contributed by atoms with Crippen molar-refractivity contribution in [2.45, 2.75) is 77.2 Å². The molecule has 2 bridgehead atoms. The first-order valence-electron chi connectivity index (χ1n) is 10.5. The summed E-state index contributed by atoms with van der Waals surface area (Å²) in [7, 11) is 0. The predicted octanol–water partition coefficient (Wildman–Crippen LogP) is 2.71. The molecule has 0 radical (unpaired) electrons. The lowest BCUT2D eigenvalue weighted by molar-refractivity contribution is -0.291. The zero-order valence-electron chi connectivity index (χ0n) is 15.6. The van der Waals surface area contributed by atoms with Crippen molar-refractivity contribution in [3.8, 4) is 0 Å². The Bertz CT molecular complexity index is 441. The first kappa shape index (κ1) is 17.3. The third-order valence-corrected chi connectivity index (χ3v) is 7.63. The van der Waals surface area contributed by atoms with E-state index < -0.39 is 6.29 Å². The molecule has 0 amide bonds. The Morgan fingerprint density at radius 2 is 2.00 bits per heavy atom. The van der Waals surface area contributed by atoms with Crippen LogP contribution in [0.4, 0.5) is 0 Å². The van der Waals surface area contributed by atoms with Gasteiger partial charge in [-0.2, -0.15) is 0 Å². The lowest BCUT2D eigenvalue weighted by Crippen LogP contribution is -2.68. The molecule has 0 aromatic heterocycles. The summed E-state index contributed by atoms with van der Waals surface area (Å²) in [6, 6.07) is 0.726. The Morgan fingerprint density at radius 1 is 1.17 bits per heavy atom. The third kappa shape index (κ3) is 2.84. The minimum Gasteiger partial charge on any atom is -0.368 e. The number of hydrogen-bond acceptors (Lipinski definition) is 4. The molecule has 4 fully saturated rings. The number of aliphatic hydroxyl groups is 1.